The predicted octanol–water partition coefficient (Wildman–Crippen LogP) is 2.50. The minimum atomic E-state index is -0.653. The molecule has 136 valence electrons. The van der Waals surface area contributed by atoms with Gasteiger partial charge in [-0.05, 0) is 19.9 Å². The molecule has 0 saturated heterocycles. The second-order valence-corrected chi connectivity index (χ2v) is 6.61. The molecular weight excluding hydrogens is 340 g/mol. The van der Waals surface area contributed by atoms with E-state index < -0.39 is 16.4 Å². The van der Waals surface area contributed by atoms with Crippen molar-refractivity contribution in [2.75, 3.05) is 16.8 Å². The molecule has 2 aromatic rings. The van der Waals surface area contributed by atoms with Gasteiger partial charge >= 0.3 is 0 Å². The van der Waals surface area contributed by atoms with Gasteiger partial charge in [-0.3, -0.25) is 14.9 Å². The lowest BCUT2D eigenvalue weighted by molar-refractivity contribution is -0.592. The summed E-state index contributed by atoms with van der Waals surface area (Å²) in [5, 5.41) is 26.1. The maximum atomic E-state index is 12.2. The third-order valence-corrected chi connectivity index (χ3v) is 3.88. The minimum absolute atomic E-state index is 0.0435. The van der Waals surface area contributed by atoms with Crippen LogP contribution in [0.15, 0.2) is 36.5 Å². The van der Waals surface area contributed by atoms with E-state index in [9.17, 15) is 20.1 Å². The van der Waals surface area contributed by atoms with Gasteiger partial charge in [-0.1, -0.05) is 6.07 Å². The van der Waals surface area contributed by atoms with E-state index in [-0.39, 0.29) is 11.4 Å². The summed E-state index contributed by atoms with van der Waals surface area (Å²) in [7, 11) is 0. The lowest BCUT2D eigenvalue weighted by atomic mass is 10.0. The van der Waals surface area contributed by atoms with E-state index in [1.807, 2.05) is 13.8 Å². The summed E-state index contributed by atoms with van der Waals surface area (Å²) in [6.07, 6.45) is 1.36. The predicted molar refractivity (Wildman–Crippen MR) is 94.5 cm³/mol. The van der Waals surface area contributed by atoms with Gasteiger partial charge in [0.2, 0.25) is 5.91 Å². The van der Waals surface area contributed by atoms with Crippen molar-refractivity contribution in [1.29, 1.82) is 0 Å². The third kappa shape index (κ3) is 3.23. The van der Waals surface area contributed by atoms with Crippen LogP contribution in [0.2, 0.25) is 0 Å². The van der Waals surface area contributed by atoms with E-state index in [2.05, 4.69) is 5.32 Å². The van der Waals surface area contributed by atoms with Gasteiger partial charge in [0.05, 0.1) is 17.2 Å². The van der Waals surface area contributed by atoms with Crippen LogP contribution in [0.5, 0.6) is 5.75 Å². The Morgan fingerprint density at radius 3 is 2.73 bits per heavy atom. The molecule has 26 heavy (non-hydrogen) atoms. The molecule has 1 amide bonds. The SMILES string of the molecule is CC(=O)Nc1cc2c(cc1[N+](=O)[O-])N(c1cccc[n+]1[O-])CC(C)(C)O2. The largest absolute Gasteiger partial charge is 0.711 e. The molecule has 0 fully saturated rings. The van der Waals surface area contributed by atoms with E-state index in [0.29, 0.717) is 28.5 Å². The Hall–Kier alpha value is -3.36. The topological polar surface area (TPSA) is 112 Å². The number of nitrogens with zero attached hydrogens (tertiary/aromatic N) is 3. The summed E-state index contributed by atoms with van der Waals surface area (Å²) in [6.45, 7) is 5.29. The van der Waals surface area contributed by atoms with Crippen molar-refractivity contribution in [3.8, 4) is 5.75 Å². The Morgan fingerprint density at radius 2 is 2.12 bits per heavy atom. The fourth-order valence-electron chi connectivity index (χ4n) is 2.92. The van der Waals surface area contributed by atoms with Gasteiger partial charge in [0, 0.05) is 19.1 Å². The van der Waals surface area contributed by atoms with Gasteiger partial charge in [0.25, 0.3) is 11.5 Å². The lowest BCUT2D eigenvalue weighted by Gasteiger charge is -2.36. The average Bonchev–Trinajstić information content (AvgIpc) is 2.52. The zero-order valence-electron chi connectivity index (χ0n) is 14.6. The first-order chi connectivity index (χ1) is 12.2. The molecule has 1 aliphatic rings. The van der Waals surface area contributed by atoms with Crippen LogP contribution in [0, 0.1) is 15.3 Å². The first kappa shape index (κ1) is 17.5. The number of anilines is 3. The summed E-state index contributed by atoms with van der Waals surface area (Å²) in [5.41, 5.74) is -0.497. The summed E-state index contributed by atoms with van der Waals surface area (Å²) in [5.74, 6) is 0.242. The highest BCUT2D eigenvalue weighted by Crippen LogP contribution is 2.45. The van der Waals surface area contributed by atoms with Crippen LogP contribution in [0.25, 0.3) is 0 Å². The van der Waals surface area contributed by atoms with Crippen LogP contribution in [-0.4, -0.2) is 23.0 Å². The average molecular weight is 358 g/mol. The van der Waals surface area contributed by atoms with Crippen LogP contribution in [0.1, 0.15) is 20.8 Å². The van der Waals surface area contributed by atoms with Crippen LogP contribution in [0.3, 0.4) is 0 Å². The molecule has 1 aromatic heterocycles. The Kier molecular flexibility index (Phi) is 4.15. The monoisotopic (exact) mass is 358 g/mol. The highest BCUT2D eigenvalue weighted by molar-refractivity contribution is 5.93. The number of carbonyl (C=O) groups excluding carboxylic acids is 1. The highest BCUT2D eigenvalue weighted by Gasteiger charge is 2.40. The van der Waals surface area contributed by atoms with Crippen molar-refractivity contribution in [2.24, 2.45) is 0 Å². The van der Waals surface area contributed by atoms with Crippen molar-refractivity contribution in [3.05, 3.63) is 51.9 Å². The van der Waals surface area contributed by atoms with Crippen LogP contribution in [0.4, 0.5) is 22.9 Å². The molecule has 2 heterocycles. The van der Waals surface area contributed by atoms with Gasteiger partial charge in [-0.2, -0.15) is 0 Å². The summed E-state index contributed by atoms with van der Waals surface area (Å²) in [4.78, 5) is 23.9. The van der Waals surface area contributed by atoms with Crippen LogP contribution < -0.4 is 19.7 Å². The van der Waals surface area contributed by atoms with Crippen LogP contribution in [-0.2, 0) is 4.79 Å². The van der Waals surface area contributed by atoms with Gasteiger partial charge in [-0.15, -0.1) is 0 Å². The molecule has 0 bridgehead atoms. The van der Waals surface area contributed by atoms with E-state index in [0.717, 1.165) is 0 Å². The summed E-state index contributed by atoms with van der Waals surface area (Å²) in [6, 6.07) is 7.67. The molecule has 0 radical (unpaired) electrons. The van der Waals surface area contributed by atoms with Crippen molar-refractivity contribution >= 4 is 28.8 Å². The fourth-order valence-corrected chi connectivity index (χ4v) is 2.92. The number of carbonyl (C=O) groups is 1. The smallest absolute Gasteiger partial charge is 0.297 e. The number of nitro groups is 1. The van der Waals surface area contributed by atoms with Crippen molar-refractivity contribution < 1.29 is 19.2 Å². The number of ether oxygens (including phenoxy) is 1. The van der Waals surface area contributed by atoms with E-state index in [1.54, 1.807) is 23.1 Å². The number of pyridine rings is 1. The number of hydrogen-bond donors (Lipinski definition) is 1. The van der Waals surface area contributed by atoms with Gasteiger partial charge in [0.1, 0.15) is 17.8 Å². The molecule has 9 heteroatoms. The lowest BCUT2D eigenvalue weighted by Crippen LogP contribution is -2.48. The van der Waals surface area contributed by atoms with Gasteiger partial charge < -0.3 is 15.3 Å². The zero-order valence-corrected chi connectivity index (χ0v) is 14.6. The quantitative estimate of drug-likeness (QED) is 0.390. The second-order valence-electron chi connectivity index (χ2n) is 6.61. The van der Waals surface area contributed by atoms with E-state index in [1.165, 1.54) is 25.3 Å². The Morgan fingerprint density at radius 1 is 1.38 bits per heavy atom. The summed E-state index contributed by atoms with van der Waals surface area (Å²) < 4.78 is 6.63. The number of hydrogen-bond acceptors (Lipinski definition) is 6. The van der Waals surface area contributed by atoms with Gasteiger partial charge in [0.15, 0.2) is 11.4 Å². The normalized spacial score (nSPS) is 15.0. The molecule has 0 aliphatic carbocycles. The second kappa shape index (κ2) is 6.17. The molecule has 0 unspecified atom stereocenters. The highest BCUT2D eigenvalue weighted by atomic mass is 16.6. The fraction of sp³-hybridized carbons (Fsp3) is 0.294. The number of rotatable bonds is 3. The molecule has 0 spiro atoms. The number of aromatic nitrogens is 1. The van der Waals surface area contributed by atoms with Crippen molar-refractivity contribution in [3.63, 3.8) is 0 Å². The molecule has 3 rings (SSSR count). The van der Waals surface area contributed by atoms with E-state index >= 15 is 0 Å². The maximum Gasteiger partial charge on any atom is 0.297 e. The number of nitrogens with one attached hydrogen (secondary N) is 1. The zero-order chi connectivity index (χ0) is 19.1. The molecular formula is C17H18N4O5. The minimum Gasteiger partial charge on any atom is -0.711 e. The molecule has 1 aliphatic heterocycles. The standard InChI is InChI=1S/C17H18N4O5/c1-11(22)18-12-8-15-14(9-13(12)21(24)25)19(10-17(2,3)26-15)16-6-4-5-7-20(16)23/h4-9H,10H2,1-3H3,(H,18,22). The number of benzene rings is 1. The molecule has 1 N–H and O–H groups in total. The Bertz CT molecular complexity index is 897. The molecule has 9 nitrogen and oxygen atoms in total. The number of amides is 1. The first-order valence-corrected chi connectivity index (χ1v) is 7.93. The molecule has 0 saturated carbocycles. The van der Waals surface area contributed by atoms with Crippen LogP contribution >= 0.6 is 0 Å². The van der Waals surface area contributed by atoms with Crippen molar-refractivity contribution in [1.82, 2.24) is 0 Å². The van der Waals surface area contributed by atoms with E-state index in [4.69, 9.17) is 4.74 Å². The molecule has 0 atom stereocenters. The number of nitro benzene ring substituents is 1. The Labute approximate surface area is 149 Å². The Balaban J connectivity index is 2.21. The number of fused-ring (bicyclic) bond motifs is 1. The summed E-state index contributed by atoms with van der Waals surface area (Å²) >= 11 is 0. The van der Waals surface area contributed by atoms with Gasteiger partial charge in [-0.25, -0.2) is 9.63 Å². The first-order valence-electron chi connectivity index (χ1n) is 7.93. The molecule has 1 aromatic carbocycles. The van der Waals surface area contributed by atoms with Crippen molar-refractivity contribution in [2.45, 2.75) is 26.4 Å². The third-order valence-electron chi connectivity index (χ3n) is 3.88. The maximum absolute atomic E-state index is 12.2.